The van der Waals surface area contributed by atoms with E-state index in [-0.39, 0.29) is 0 Å². The van der Waals surface area contributed by atoms with Gasteiger partial charge in [-0.25, -0.2) is 9.97 Å². The molecule has 0 spiro atoms. The molecule has 0 bridgehead atoms. The minimum absolute atomic E-state index is 0.709. The highest BCUT2D eigenvalue weighted by Gasteiger charge is 2.04. The number of nitrogen functional groups attached to an aromatic ring is 1. The Balaban J connectivity index is 2.12. The lowest BCUT2D eigenvalue weighted by molar-refractivity contribution is 1.22. The number of rotatable bonds is 2. The molecule has 0 atom stereocenters. The standard InChI is InChI=1S/C12H10N4S/c13-8-1-2-11-10(5-8)12(15-7-14-11)16-9-3-4-17-6-9/h1-7H,13H2,(H,14,15,16). The summed E-state index contributed by atoms with van der Waals surface area (Å²) in [4.78, 5) is 8.46. The fourth-order valence-electron chi connectivity index (χ4n) is 1.65. The van der Waals surface area contributed by atoms with Gasteiger partial charge >= 0.3 is 0 Å². The summed E-state index contributed by atoms with van der Waals surface area (Å²) in [7, 11) is 0. The molecule has 84 valence electrons. The third-order valence-corrected chi connectivity index (χ3v) is 3.13. The first-order valence-electron chi connectivity index (χ1n) is 5.12. The molecule has 17 heavy (non-hydrogen) atoms. The lowest BCUT2D eigenvalue weighted by atomic mass is 10.2. The average Bonchev–Trinajstić information content (AvgIpc) is 2.83. The fraction of sp³-hybridized carbons (Fsp3) is 0. The number of nitrogens with one attached hydrogen (secondary N) is 1. The second kappa shape index (κ2) is 4.03. The Morgan fingerprint density at radius 1 is 1.18 bits per heavy atom. The van der Waals surface area contributed by atoms with Gasteiger partial charge in [0.15, 0.2) is 0 Å². The van der Waals surface area contributed by atoms with Crippen LogP contribution in [0.5, 0.6) is 0 Å². The van der Waals surface area contributed by atoms with E-state index in [4.69, 9.17) is 5.73 Å². The van der Waals surface area contributed by atoms with Gasteiger partial charge in [0.25, 0.3) is 0 Å². The maximum atomic E-state index is 5.78. The van der Waals surface area contributed by atoms with Crippen LogP contribution in [0.25, 0.3) is 10.9 Å². The van der Waals surface area contributed by atoms with Crippen LogP contribution in [-0.4, -0.2) is 9.97 Å². The molecule has 4 nitrogen and oxygen atoms in total. The van der Waals surface area contributed by atoms with E-state index in [1.54, 1.807) is 17.7 Å². The van der Waals surface area contributed by atoms with E-state index in [1.807, 2.05) is 35.0 Å². The van der Waals surface area contributed by atoms with Gasteiger partial charge in [-0.3, -0.25) is 0 Å². The molecule has 0 saturated carbocycles. The van der Waals surface area contributed by atoms with E-state index in [9.17, 15) is 0 Å². The van der Waals surface area contributed by atoms with Gasteiger partial charge in [-0.15, -0.1) is 0 Å². The van der Waals surface area contributed by atoms with Crippen LogP contribution in [0, 0.1) is 0 Å². The highest BCUT2D eigenvalue weighted by Crippen LogP contribution is 2.25. The van der Waals surface area contributed by atoms with Crippen molar-refractivity contribution < 1.29 is 0 Å². The van der Waals surface area contributed by atoms with Crippen molar-refractivity contribution in [1.82, 2.24) is 9.97 Å². The van der Waals surface area contributed by atoms with Crippen molar-refractivity contribution in [2.75, 3.05) is 11.1 Å². The minimum atomic E-state index is 0.709. The third kappa shape index (κ3) is 1.92. The van der Waals surface area contributed by atoms with Crippen molar-refractivity contribution in [3.05, 3.63) is 41.4 Å². The van der Waals surface area contributed by atoms with Crippen LogP contribution in [0.1, 0.15) is 0 Å². The van der Waals surface area contributed by atoms with Crippen LogP contribution in [0.15, 0.2) is 41.4 Å². The zero-order valence-electron chi connectivity index (χ0n) is 8.92. The van der Waals surface area contributed by atoms with Gasteiger partial charge < -0.3 is 11.1 Å². The number of nitrogens with zero attached hydrogens (tertiary/aromatic N) is 2. The molecule has 0 aliphatic heterocycles. The largest absolute Gasteiger partial charge is 0.399 e. The molecule has 5 heteroatoms. The van der Waals surface area contributed by atoms with Gasteiger partial charge in [-0.1, -0.05) is 0 Å². The number of hydrogen-bond donors (Lipinski definition) is 2. The molecule has 0 amide bonds. The van der Waals surface area contributed by atoms with Gasteiger partial charge in [0, 0.05) is 16.5 Å². The smallest absolute Gasteiger partial charge is 0.141 e. The number of fused-ring (bicyclic) bond motifs is 1. The van der Waals surface area contributed by atoms with Crippen molar-refractivity contribution in [1.29, 1.82) is 0 Å². The summed E-state index contributed by atoms with van der Waals surface area (Å²) in [6.07, 6.45) is 1.55. The van der Waals surface area contributed by atoms with Crippen molar-refractivity contribution in [2.24, 2.45) is 0 Å². The predicted octanol–water partition coefficient (Wildman–Crippen LogP) is 3.02. The molecule has 0 aliphatic rings. The summed E-state index contributed by atoms with van der Waals surface area (Å²) >= 11 is 1.64. The number of aromatic nitrogens is 2. The zero-order valence-corrected chi connectivity index (χ0v) is 9.74. The van der Waals surface area contributed by atoms with Crippen molar-refractivity contribution in [2.45, 2.75) is 0 Å². The predicted molar refractivity (Wildman–Crippen MR) is 71.6 cm³/mol. The topological polar surface area (TPSA) is 63.8 Å². The van der Waals surface area contributed by atoms with E-state index in [0.29, 0.717) is 5.69 Å². The molecule has 0 radical (unpaired) electrons. The number of anilines is 3. The van der Waals surface area contributed by atoms with Crippen molar-refractivity contribution in [3.8, 4) is 0 Å². The van der Waals surface area contributed by atoms with Crippen LogP contribution in [0.3, 0.4) is 0 Å². The molecule has 0 unspecified atom stereocenters. The number of hydrogen-bond acceptors (Lipinski definition) is 5. The summed E-state index contributed by atoms with van der Waals surface area (Å²) in [6.45, 7) is 0. The highest BCUT2D eigenvalue weighted by atomic mass is 32.1. The molecule has 2 aromatic heterocycles. The molecule has 3 rings (SSSR count). The SMILES string of the molecule is Nc1ccc2ncnc(Nc3ccsc3)c2c1. The maximum Gasteiger partial charge on any atom is 0.141 e. The Bertz CT molecular complexity index is 649. The summed E-state index contributed by atoms with van der Waals surface area (Å²) in [5.41, 5.74) is 8.40. The van der Waals surface area contributed by atoms with E-state index < -0.39 is 0 Å². The van der Waals surface area contributed by atoms with Gasteiger partial charge in [-0.2, -0.15) is 11.3 Å². The molecule has 0 fully saturated rings. The van der Waals surface area contributed by atoms with Gasteiger partial charge in [0.05, 0.1) is 11.2 Å². The quantitative estimate of drug-likeness (QED) is 0.678. The van der Waals surface area contributed by atoms with Crippen molar-refractivity contribution in [3.63, 3.8) is 0 Å². The van der Waals surface area contributed by atoms with Gasteiger partial charge in [-0.05, 0) is 29.6 Å². The lowest BCUT2D eigenvalue weighted by Crippen LogP contribution is -1.95. The van der Waals surface area contributed by atoms with Gasteiger partial charge in [0.1, 0.15) is 12.1 Å². The molecular weight excluding hydrogens is 232 g/mol. The molecule has 3 aromatic rings. The zero-order chi connectivity index (χ0) is 11.7. The normalized spacial score (nSPS) is 10.6. The van der Waals surface area contributed by atoms with Crippen LogP contribution in [-0.2, 0) is 0 Å². The molecule has 3 N–H and O–H groups in total. The Kier molecular flexibility index (Phi) is 2.38. The second-order valence-electron chi connectivity index (χ2n) is 3.64. The van der Waals surface area contributed by atoms with E-state index in [1.165, 1.54) is 0 Å². The van der Waals surface area contributed by atoms with Crippen LogP contribution in [0.2, 0.25) is 0 Å². The van der Waals surface area contributed by atoms with E-state index in [2.05, 4.69) is 15.3 Å². The number of thiophene rings is 1. The van der Waals surface area contributed by atoms with Crippen LogP contribution < -0.4 is 11.1 Å². The first kappa shape index (κ1) is 10.0. The Morgan fingerprint density at radius 3 is 2.94 bits per heavy atom. The summed E-state index contributed by atoms with van der Waals surface area (Å²) in [6, 6.07) is 7.61. The third-order valence-electron chi connectivity index (χ3n) is 2.44. The maximum absolute atomic E-state index is 5.78. The molecular formula is C12H10N4S. The molecule has 0 aliphatic carbocycles. The number of nitrogens with two attached hydrogens (primary N) is 1. The second-order valence-corrected chi connectivity index (χ2v) is 4.42. The van der Waals surface area contributed by atoms with E-state index >= 15 is 0 Å². The Labute approximate surface area is 102 Å². The fourth-order valence-corrected chi connectivity index (χ4v) is 2.23. The van der Waals surface area contributed by atoms with E-state index in [0.717, 1.165) is 22.4 Å². The Hall–Kier alpha value is -2.14. The molecule has 2 heterocycles. The first-order chi connectivity index (χ1) is 8.33. The van der Waals surface area contributed by atoms with Crippen LogP contribution >= 0.6 is 11.3 Å². The monoisotopic (exact) mass is 242 g/mol. The van der Waals surface area contributed by atoms with Crippen molar-refractivity contribution >= 4 is 39.4 Å². The van der Waals surface area contributed by atoms with Crippen LogP contribution in [0.4, 0.5) is 17.2 Å². The lowest BCUT2D eigenvalue weighted by Gasteiger charge is -2.06. The average molecular weight is 242 g/mol. The molecule has 1 aromatic carbocycles. The minimum Gasteiger partial charge on any atom is -0.399 e. The highest BCUT2D eigenvalue weighted by molar-refractivity contribution is 7.08. The summed E-state index contributed by atoms with van der Waals surface area (Å²) in [5.74, 6) is 0.778. The van der Waals surface area contributed by atoms with Gasteiger partial charge in [0.2, 0.25) is 0 Å². The number of benzene rings is 1. The first-order valence-corrected chi connectivity index (χ1v) is 6.07. The summed E-state index contributed by atoms with van der Waals surface area (Å²) in [5, 5.41) is 8.23. The summed E-state index contributed by atoms with van der Waals surface area (Å²) < 4.78 is 0. The molecule has 0 saturated heterocycles. The Morgan fingerprint density at radius 2 is 2.12 bits per heavy atom.